The van der Waals surface area contributed by atoms with E-state index in [4.69, 9.17) is 35.3 Å². The first-order chi connectivity index (χ1) is 22.4. The van der Waals surface area contributed by atoms with E-state index in [0.29, 0.717) is 29.9 Å². The van der Waals surface area contributed by atoms with Crippen LogP contribution in [-0.4, -0.2) is 49.5 Å². The Bertz CT molecular complexity index is 1550. The number of carbonyl (C=O) groups excluding carboxylic acids is 1. The fourth-order valence-corrected chi connectivity index (χ4v) is 6.20. The second-order valence-corrected chi connectivity index (χ2v) is 11.9. The molecule has 242 valence electrons. The Morgan fingerprint density at radius 2 is 1.50 bits per heavy atom. The molecule has 0 radical (unpaired) electrons. The molecule has 5 rings (SSSR count). The highest BCUT2D eigenvalue weighted by atomic mass is 35.5. The third kappa shape index (κ3) is 7.20. The van der Waals surface area contributed by atoms with Crippen LogP contribution in [0.25, 0.3) is 0 Å². The van der Waals surface area contributed by atoms with Gasteiger partial charge in [0.25, 0.3) is 0 Å². The zero-order valence-corrected chi connectivity index (χ0v) is 27.2. The molecule has 0 saturated carbocycles. The Morgan fingerprint density at radius 3 is 2.07 bits per heavy atom. The van der Waals surface area contributed by atoms with Gasteiger partial charge in [-0.15, -0.1) is 0 Å². The summed E-state index contributed by atoms with van der Waals surface area (Å²) in [4.78, 5) is 12.8. The van der Waals surface area contributed by atoms with Gasteiger partial charge in [-0.3, -0.25) is 0 Å². The van der Waals surface area contributed by atoms with Crippen LogP contribution in [0.3, 0.4) is 0 Å². The molecular weight excluding hydrogens is 604 g/mol. The molecule has 0 unspecified atom stereocenters. The molecule has 1 N–H and O–H groups in total. The molecule has 4 aromatic rings. The zero-order chi connectivity index (χ0) is 32.6. The molecule has 46 heavy (non-hydrogen) atoms. The van der Waals surface area contributed by atoms with Crippen LogP contribution in [0.15, 0.2) is 103 Å². The molecule has 7 nitrogen and oxygen atoms in total. The predicted octanol–water partition coefficient (Wildman–Crippen LogP) is 6.90. The van der Waals surface area contributed by atoms with E-state index in [-0.39, 0.29) is 13.2 Å². The van der Waals surface area contributed by atoms with E-state index in [2.05, 4.69) is 0 Å². The molecule has 0 aliphatic carbocycles. The number of hydrogen-bond acceptors (Lipinski definition) is 7. The van der Waals surface area contributed by atoms with Crippen molar-refractivity contribution in [3.8, 4) is 5.75 Å². The summed E-state index contributed by atoms with van der Waals surface area (Å²) in [5.74, 6) is -1.45. The second-order valence-electron chi connectivity index (χ2n) is 11.5. The van der Waals surface area contributed by atoms with Crippen molar-refractivity contribution in [3.63, 3.8) is 0 Å². The zero-order valence-electron chi connectivity index (χ0n) is 26.4. The smallest absolute Gasteiger partial charge is 0.225 e. The van der Waals surface area contributed by atoms with Crippen LogP contribution in [0, 0.1) is 5.92 Å². The summed E-state index contributed by atoms with van der Waals surface area (Å²) in [7, 11) is 1.51. The highest BCUT2D eigenvalue weighted by Crippen LogP contribution is 2.48. The molecule has 5 atom stereocenters. The van der Waals surface area contributed by atoms with Crippen molar-refractivity contribution < 1.29 is 33.6 Å². The van der Waals surface area contributed by atoms with Gasteiger partial charge >= 0.3 is 0 Å². The van der Waals surface area contributed by atoms with Gasteiger partial charge in [0.05, 0.1) is 32.5 Å². The molecule has 4 aromatic carbocycles. The Balaban J connectivity index is 1.58. The van der Waals surface area contributed by atoms with Gasteiger partial charge in [0, 0.05) is 23.6 Å². The molecule has 1 fully saturated rings. The summed E-state index contributed by atoms with van der Waals surface area (Å²) in [5, 5.41) is 11.3. The van der Waals surface area contributed by atoms with Crippen molar-refractivity contribution in [1.29, 1.82) is 0 Å². The number of carbonyl (C=O) groups is 1. The standard InChI is InChI=1S/C38H41ClO7/c1-4-43-33-18-15-28(16-19-33)21-31-22-32(17-20-34(31)39)38(42-3)36(45-24-30-13-9-6-10-14-30)35(27(2)37(25-40,26-41)46-38)44-23-29-11-7-5-8-12-29/h5-20,22,25,27,35-36,41H,4,21,23-24,26H2,1-3H3/t27-,35-,36+,37+,38-/m0/s1. The lowest BCUT2D eigenvalue weighted by molar-refractivity contribution is -0.389. The Morgan fingerprint density at radius 1 is 0.870 bits per heavy atom. The number of methoxy groups -OCH3 is 1. The van der Waals surface area contributed by atoms with Gasteiger partial charge in [0.2, 0.25) is 5.79 Å². The van der Waals surface area contributed by atoms with Crippen LogP contribution in [0.5, 0.6) is 5.75 Å². The normalized spacial score (nSPS) is 24.4. The monoisotopic (exact) mass is 644 g/mol. The van der Waals surface area contributed by atoms with Gasteiger partial charge in [-0.1, -0.05) is 97.4 Å². The van der Waals surface area contributed by atoms with Gasteiger partial charge in [0.1, 0.15) is 11.9 Å². The highest BCUT2D eigenvalue weighted by Gasteiger charge is 2.62. The second kappa shape index (κ2) is 15.4. The third-order valence-corrected chi connectivity index (χ3v) is 9.03. The van der Waals surface area contributed by atoms with Gasteiger partial charge in [-0.25, -0.2) is 0 Å². The number of aldehydes is 1. The lowest BCUT2D eigenvalue weighted by Gasteiger charge is -2.54. The quantitative estimate of drug-likeness (QED) is 0.150. The summed E-state index contributed by atoms with van der Waals surface area (Å²) < 4.78 is 31.9. The number of aliphatic hydroxyl groups is 1. The van der Waals surface area contributed by atoms with Crippen molar-refractivity contribution in [2.45, 2.75) is 57.1 Å². The minimum Gasteiger partial charge on any atom is -0.494 e. The van der Waals surface area contributed by atoms with E-state index in [0.717, 1.165) is 28.0 Å². The molecule has 8 heteroatoms. The summed E-state index contributed by atoms with van der Waals surface area (Å²) >= 11 is 6.75. The van der Waals surface area contributed by atoms with Crippen molar-refractivity contribution in [2.24, 2.45) is 5.92 Å². The Kier molecular flexibility index (Phi) is 11.3. The average molecular weight is 645 g/mol. The van der Waals surface area contributed by atoms with Crippen molar-refractivity contribution in [2.75, 3.05) is 20.3 Å². The first-order valence-corrected chi connectivity index (χ1v) is 15.9. The Hall–Kier alpha value is -3.56. The first-order valence-electron chi connectivity index (χ1n) is 15.5. The van der Waals surface area contributed by atoms with E-state index in [9.17, 15) is 9.90 Å². The van der Waals surface area contributed by atoms with E-state index >= 15 is 0 Å². The molecule has 0 bridgehead atoms. The molecule has 1 aliphatic heterocycles. The number of rotatable bonds is 14. The van der Waals surface area contributed by atoms with E-state index in [1.54, 1.807) is 6.07 Å². The topological polar surface area (TPSA) is 83.5 Å². The van der Waals surface area contributed by atoms with Crippen molar-refractivity contribution in [1.82, 2.24) is 0 Å². The average Bonchev–Trinajstić information content (AvgIpc) is 3.10. The van der Waals surface area contributed by atoms with Crippen LogP contribution in [0.1, 0.15) is 41.7 Å². The van der Waals surface area contributed by atoms with Gasteiger partial charge in [0.15, 0.2) is 11.9 Å². The summed E-state index contributed by atoms with van der Waals surface area (Å²) in [6, 6.07) is 32.9. The first kappa shape index (κ1) is 33.8. The van der Waals surface area contributed by atoms with Crippen LogP contribution >= 0.6 is 11.6 Å². The van der Waals surface area contributed by atoms with E-state index in [1.165, 1.54) is 7.11 Å². The fraction of sp³-hybridized carbons (Fsp3) is 0.342. The van der Waals surface area contributed by atoms with Crippen molar-refractivity contribution >= 4 is 17.9 Å². The summed E-state index contributed by atoms with van der Waals surface area (Å²) in [5.41, 5.74) is 2.70. The summed E-state index contributed by atoms with van der Waals surface area (Å²) in [6.07, 6.45) is -0.401. The maximum Gasteiger partial charge on any atom is 0.225 e. The van der Waals surface area contributed by atoms with Crippen molar-refractivity contribution in [3.05, 3.63) is 136 Å². The number of ether oxygens (including phenoxy) is 5. The number of halogens is 1. The predicted molar refractivity (Wildman–Crippen MR) is 177 cm³/mol. The third-order valence-electron chi connectivity index (χ3n) is 8.66. The molecule has 1 aliphatic rings. The van der Waals surface area contributed by atoms with Crippen LogP contribution in [-0.2, 0) is 49.2 Å². The number of hydrogen-bond donors (Lipinski definition) is 1. The van der Waals surface area contributed by atoms with Crippen LogP contribution in [0.2, 0.25) is 5.02 Å². The van der Waals surface area contributed by atoms with Gasteiger partial charge in [-0.2, -0.15) is 0 Å². The van der Waals surface area contributed by atoms with Gasteiger partial charge < -0.3 is 33.6 Å². The minimum atomic E-state index is -1.65. The van der Waals surface area contributed by atoms with Crippen LogP contribution < -0.4 is 4.74 Å². The van der Waals surface area contributed by atoms with Crippen LogP contribution in [0.4, 0.5) is 0 Å². The fourth-order valence-electron chi connectivity index (χ4n) is 6.01. The minimum absolute atomic E-state index is 0.234. The van der Waals surface area contributed by atoms with Gasteiger partial charge in [-0.05, 0) is 59.9 Å². The lowest BCUT2D eigenvalue weighted by atomic mass is 9.76. The molecule has 0 spiro atoms. The van der Waals surface area contributed by atoms with E-state index < -0.39 is 36.1 Å². The largest absolute Gasteiger partial charge is 0.494 e. The number of benzene rings is 4. The molecule has 0 amide bonds. The number of aliphatic hydroxyl groups excluding tert-OH is 1. The summed E-state index contributed by atoms with van der Waals surface area (Å²) in [6.45, 7) is 4.28. The molecule has 1 saturated heterocycles. The molecule has 0 aromatic heterocycles. The molecular formula is C38H41ClO7. The maximum absolute atomic E-state index is 12.8. The Labute approximate surface area is 276 Å². The molecule has 1 heterocycles. The van der Waals surface area contributed by atoms with E-state index in [1.807, 2.05) is 111 Å². The lowest BCUT2D eigenvalue weighted by Crippen LogP contribution is -2.68. The SMILES string of the molecule is CCOc1ccc(Cc2cc([C@]3(OC)O[C@](C=O)(CO)[C@@H](C)[C@H](OCc4ccccc4)[C@H]3OCc3ccccc3)ccc2Cl)cc1. The highest BCUT2D eigenvalue weighted by molar-refractivity contribution is 6.31. The maximum atomic E-state index is 12.8.